The Kier molecular flexibility index (Phi) is 41.5. The number of hydrogen-bond acceptors (Lipinski definition) is 14. The Balaban J connectivity index is 0.000000189. The summed E-state index contributed by atoms with van der Waals surface area (Å²) in [5.74, 6) is 0. The van der Waals surface area contributed by atoms with E-state index in [1.54, 1.807) is 0 Å². The van der Waals surface area contributed by atoms with E-state index in [0.717, 1.165) is 6.42 Å². The Labute approximate surface area is 731 Å². The van der Waals surface area contributed by atoms with Crippen LogP contribution >= 0.6 is 136 Å². The van der Waals surface area contributed by atoms with Crippen molar-refractivity contribution in [3.05, 3.63) is 188 Å². The van der Waals surface area contributed by atoms with E-state index < -0.39 is 34.7 Å². The molecule has 0 spiro atoms. The second-order valence-corrected chi connectivity index (χ2v) is 59.2. The third kappa shape index (κ3) is 31.9. The zero-order chi connectivity index (χ0) is 79.5. The molecule has 0 fully saturated rings. The van der Waals surface area contributed by atoms with Gasteiger partial charge in [0.05, 0.1) is 0 Å². The first-order valence-corrected chi connectivity index (χ1v) is 64.0. The minimum Gasteiger partial charge on any atom is -0.461 e. The zero-order valence-corrected chi connectivity index (χ0v) is 84.0. The molecule has 0 amide bonds. The molecule has 0 N–H and O–H groups in total. The smallest absolute Gasteiger partial charge is 0.173 e. The van der Waals surface area contributed by atoms with Crippen molar-refractivity contribution >= 4 is 171 Å². The van der Waals surface area contributed by atoms with Crippen molar-refractivity contribution in [3.63, 3.8) is 0 Å². The predicted molar refractivity (Wildman–Crippen MR) is 534 cm³/mol. The van der Waals surface area contributed by atoms with E-state index in [0.29, 0.717) is 0 Å². The first kappa shape index (κ1) is 92.8. The van der Waals surface area contributed by atoms with Crippen LogP contribution in [0.25, 0.3) is 87.8 Å². The van der Waals surface area contributed by atoms with E-state index in [1.165, 1.54) is 309 Å². The normalized spacial score (nSPS) is 11.7. The van der Waals surface area contributed by atoms with Gasteiger partial charge in [0.1, 0.15) is 0 Å². The minimum absolute atomic E-state index is 0.667. The number of rotatable bonds is 46. The molecule has 0 saturated carbocycles. The summed E-state index contributed by atoms with van der Waals surface area (Å²) < 4.78 is 12.4. The Morgan fingerprint density at radius 1 is 0.250 bits per heavy atom. The summed E-state index contributed by atoms with van der Waals surface area (Å²) in [7, 11) is -4.36. The van der Waals surface area contributed by atoms with Crippen molar-refractivity contribution in [2.24, 2.45) is 0 Å². The Hall–Kier alpha value is -3.07. The first-order valence-electron chi connectivity index (χ1n) is 42.4. The van der Waals surface area contributed by atoms with Gasteiger partial charge in [0.15, 0.2) is 34.7 Å². The molecular weight excluding hydrogens is 1660 g/mol. The molecule has 12 aromatic rings. The molecule has 0 aromatic carbocycles. The third-order valence-electron chi connectivity index (χ3n) is 19.6. The monoisotopic (exact) mass is 1790 g/mol. The van der Waals surface area contributed by atoms with Gasteiger partial charge in [-0.2, -0.15) is 0 Å². The molecular formula is C94H130O2S12Si4. The van der Waals surface area contributed by atoms with Gasteiger partial charge in [-0.05, 0) is 294 Å². The van der Waals surface area contributed by atoms with Gasteiger partial charge in [-0.15, -0.1) is 143 Å². The Bertz CT molecular complexity index is 4520. The zero-order valence-electron chi connectivity index (χ0n) is 69.9. The lowest BCUT2D eigenvalue weighted by molar-refractivity contribution is 0.523. The van der Waals surface area contributed by atoms with Crippen LogP contribution in [-0.4, -0.2) is 34.7 Å². The van der Waals surface area contributed by atoms with Crippen LogP contribution in [0, 0.1) is 0 Å². The largest absolute Gasteiger partial charge is 0.461 e. The van der Waals surface area contributed by atoms with Crippen molar-refractivity contribution in [2.45, 2.75) is 285 Å². The van der Waals surface area contributed by atoms with Gasteiger partial charge in [-0.3, -0.25) is 0 Å². The molecule has 0 unspecified atom stereocenters. The summed E-state index contributed by atoms with van der Waals surface area (Å²) in [6.07, 6.45) is 39.5. The maximum absolute atomic E-state index is 6.84. The van der Waals surface area contributed by atoms with Crippen molar-refractivity contribution in [3.8, 4) is 87.8 Å². The summed E-state index contributed by atoms with van der Waals surface area (Å²) in [4.78, 5) is 34.4. The highest BCUT2D eigenvalue weighted by Crippen LogP contribution is 2.47. The van der Waals surface area contributed by atoms with Crippen LogP contribution in [0.3, 0.4) is 0 Å². The van der Waals surface area contributed by atoms with E-state index in [2.05, 4.69) is 239 Å². The molecule has 12 rings (SSSR count). The highest BCUT2D eigenvalue weighted by molar-refractivity contribution is 7.30. The van der Waals surface area contributed by atoms with Crippen LogP contribution in [0.1, 0.15) is 212 Å². The standard InChI is InChI=1S/C37H56OS4Si2.C28H32S4.C25H28S4.C4H14OSi2/c1-7-9-11-14-18-30-20-22-32(39-30)34-24-26-36(41-34)37-27-25-35(42-37)33-23-21-31(40-33)19-15-12-13-17-29-44(5,6)38-43(3,4)28-16-10-8-2;1-3-5-7-9-11-21-13-15-23(29-21)25-17-19-27(31-25)28-20-18-26(32-28)24-16-14-22(30-24)12-10-8-6-4-2;1-3-5-6-7-9-19-11-13-21(27-19)23-15-17-25(29-23)24-16-14-22(28-24)20-12-10-18(26-20)8-4-2;1-6(2)5-7(3)4/h20-27H,7-19,28-29H2,1-6H3;3,13-20H,1,4-12H2,2H3;10-17H,3-9H2,1-2H3;6-7H,1-4H3. The molecule has 18 heteroatoms. The summed E-state index contributed by atoms with van der Waals surface area (Å²) in [5.41, 5.74) is 0. The minimum atomic E-state index is -1.54. The van der Waals surface area contributed by atoms with Crippen LogP contribution in [0.15, 0.2) is 158 Å². The molecule has 12 heterocycles. The van der Waals surface area contributed by atoms with Crippen LogP contribution < -0.4 is 0 Å². The van der Waals surface area contributed by atoms with E-state index in [4.69, 9.17) is 8.23 Å². The van der Waals surface area contributed by atoms with Crippen molar-refractivity contribution in [1.29, 1.82) is 0 Å². The fourth-order valence-corrected chi connectivity index (χ4v) is 40.5. The van der Waals surface area contributed by atoms with Gasteiger partial charge in [-0.25, -0.2) is 0 Å². The molecule has 2 nitrogen and oxygen atoms in total. The van der Waals surface area contributed by atoms with Crippen LogP contribution in [0.4, 0.5) is 0 Å². The topological polar surface area (TPSA) is 18.5 Å². The van der Waals surface area contributed by atoms with Gasteiger partial charge < -0.3 is 8.23 Å². The molecule has 0 atom stereocenters. The van der Waals surface area contributed by atoms with Crippen LogP contribution in [0.5, 0.6) is 0 Å². The Morgan fingerprint density at radius 3 is 0.670 bits per heavy atom. The summed E-state index contributed by atoms with van der Waals surface area (Å²) >= 11 is 23.4. The van der Waals surface area contributed by atoms with Gasteiger partial charge in [0, 0.05) is 117 Å². The van der Waals surface area contributed by atoms with E-state index in [1.807, 2.05) is 142 Å². The molecule has 0 aliphatic rings. The van der Waals surface area contributed by atoms with Gasteiger partial charge in [0.2, 0.25) is 0 Å². The highest BCUT2D eigenvalue weighted by atomic mass is 32.1. The summed E-state index contributed by atoms with van der Waals surface area (Å²) in [6, 6.07) is 58.2. The second-order valence-electron chi connectivity index (χ2n) is 31.5. The molecule has 0 radical (unpaired) electrons. The lowest BCUT2D eigenvalue weighted by atomic mass is 10.1. The average Bonchev–Trinajstić information content (AvgIpc) is 1.67. The lowest BCUT2D eigenvalue weighted by Crippen LogP contribution is -2.44. The molecule has 0 bridgehead atoms. The summed E-state index contributed by atoms with van der Waals surface area (Å²) in [5, 5.41) is 0. The maximum atomic E-state index is 6.84. The fraction of sp³-hybridized carbons (Fsp3) is 0.468. The number of thiophene rings is 12. The summed E-state index contributed by atoms with van der Waals surface area (Å²) in [6.45, 7) is 33.9. The molecule has 12 aromatic heterocycles. The highest BCUT2D eigenvalue weighted by Gasteiger charge is 2.32. The molecule has 606 valence electrons. The first-order chi connectivity index (χ1) is 54.3. The number of aryl methyl sites for hydroxylation is 6. The van der Waals surface area contributed by atoms with Crippen molar-refractivity contribution in [1.82, 2.24) is 0 Å². The average molecular weight is 1790 g/mol. The molecule has 0 saturated heterocycles. The van der Waals surface area contributed by atoms with E-state index in [-0.39, 0.29) is 0 Å². The quantitative estimate of drug-likeness (QED) is 0.0215. The number of allylic oxidation sites excluding steroid dienone is 1. The lowest BCUT2D eigenvalue weighted by Gasteiger charge is -2.34. The van der Waals surface area contributed by atoms with E-state index in [9.17, 15) is 0 Å². The van der Waals surface area contributed by atoms with Gasteiger partial charge >= 0.3 is 0 Å². The van der Waals surface area contributed by atoms with Crippen LogP contribution in [0.2, 0.25) is 64.5 Å². The molecule has 112 heavy (non-hydrogen) atoms. The molecule has 0 aliphatic carbocycles. The fourth-order valence-electron chi connectivity index (χ4n) is 13.9. The van der Waals surface area contributed by atoms with Crippen molar-refractivity contribution in [2.75, 3.05) is 0 Å². The second kappa shape index (κ2) is 50.1. The Morgan fingerprint density at radius 2 is 0.446 bits per heavy atom. The predicted octanol–water partition coefficient (Wildman–Crippen LogP) is 36.7. The number of hydrogen-bond donors (Lipinski definition) is 0. The van der Waals surface area contributed by atoms with E-state index >= 15 is 0 Å². The van der Waals surface area contributed by atoms with Crippen LogP contribution in [-0.2, 0) is 46.8 Å². The number of unbranched alkanes of at least 4 members (excludes halogenated alkanes) is 16. The van der Waals surface area contributed by atoms with Gasteiger partial charge in [0.25, 0.3) is 0 Å². The molecule has 0 aliphatic heterocycles. The third-order valence-corrected chi connectivity index (χ3v) is 46.7. The maximum Gasteiger partial charge on any atom is 0.173 e. The van der Waals surface area contributed by atoms with Gasteiger partial charge in [-0.1, -0.05) is 143 Å². The SMILES string of the molecule is C=CCCCCc1ccc(-c2ccc(-c3ccc(-c4ccc(CCCCCC)s4)s3)s2)s1.CCCCCCc1ccc(-c2ccc(-c3ccc(-c4ccc(CCC)s4)s3)s2)s1.CCCCCCc1ccc(-c2ccc(-c3ccc(-c4ccc(CCCCCC[Si](C)(C)O[Si](C)(C)CCCCC)s4)s3)s2)s1.C[SiH](C)O[SiH](C)C. The van der Waals surface area contributed by atoms with Crippen molar-refractivity contribution < 1.29 is 8.23 Å².